The first-order chi connectivity index (χ1) is 16.7. The van der Waals surface area contributed by atoms with Crippen molar-refractivity contribution in [3.8, 4) is 11.5 Å². The van der Waals surface area contributed by atoms with Gasteiger partial charge >= 0.3 is 0 Å². The first-order valence-electron chi connectivity index (χ1n) is 11.9. The number of allylic oxidation sites excluding steroid dienone is 1. The van der Waals surface area contributed by atoms with Gasteiger partial charge in [-0.1, -0.05) is 49.4 Å². The zero-order valence-corrected chi connectivity index (χ0v) is 19.6. The van der Waals surface area contributed by atoms with Crippen molar-refractivity contribution in [3.05, 3.63) is 95.2 Å². The molecule has 2 atom stereocenters. The Bertz CT molecular complexity index is 1230. The molecule has 2 aliphatic rings. The highest BCUT2D eigenvalue weighted by Crippen LogP contribution is 2.46. The minimum Gasteiger partial charge on any atom is -0.497 e. The average Bonchev–Trinajstić information content (AvgIpc) is 3.04. The third-order valence-electron chi connectivity index (χ3n) is 6.57. The molecule has 2 unspecified atom stereocenters. The van der Waals surface area contributed by atoms with Crippen LogP contribution in [-0.4, -0.2) is 19.5 Å². The Hall–Kier alpha value is -3.73. The number of ketones is 1. The van der Waals surface area contributed by atoms with E-state index in [4.69, 9.17) is 9.47 Å². The average molecular weight is 455 g/mol. The van der Waals surface area contributed by atoms with Gasteiger partial charge in [0.25, 0.3) is 0 Å². The van der Waals surface area contributed by atoms with Gasteiger partial charge in [0, 0.05) is 23.3 Å². The van der Waals surface area contributed by atoms with Crippen molar-refractivity contribution < 1.29 is 14.3 Å². The third-order valence-corrected chi connectivity index (χ3v) is 6.57. The van der Waals surface area contributed by atoms with Gasteiger partial charge < -0.3 is 20.1 Å². The standard InChI is InChI=1S/C29H30N2O3/c1-3-15-34-27-14-7-4-11-22(27)29-28-25(30-23-12-5-6-13-24(23)31-29)17-20(18-26(28)32)19-9-8-10-21(16-19)33-2/h4-14,16,20,29-31H,3,15,17-18H2,1-2H3. The van der Waals surface area contributed by atoms with Crippen LogP contribution in [0.4, 0.5) is 11.4 Å². The molecule has 0 fully saturated rings. The lowest BCUT2D eigenvalue weighted by Gasteiger charge is -2.30. The van der Waals surface area contributed by atoms with Gasteiger partial charge in [0.1, 0.15) is 11.5 Å². The summed E-state index contributed by atoms with van der Waals surface area (Å²) in [7, 11) is 1.67. The molecule has 5 nitrogen and oxygen atoms in total. The molecule has 0 saturated heterocycles. The maximum atomic E-state index is 13.8. The predicted molar refractivity (Wildman–Crippen MR) is 136 cm³/mol. The van der Waals surface area contributed by atoms with Crippen LogP contribution in [-0.2, 0) is 4.79 Å². The molecule has 1 heterocycles. The van der Waals surface area contributed by atoms with Crippen LogP contribution in [0, 0.1) is 0 Å². The monoisotopic (exact) mass is 454 g/mol. The number of carbonyl (C=O) groups is 1. The number of benzene rings is 3. The van der Waals surface area contributed by atoms with E-state index in [2.05, 4.69) is 35.8 Å². The van der Waals surface area contributed by atoms with Crippen molar-refractivity contribution >= 4 is 17.2 Å². The fourth-order valence-electron chi connectivity index (χ4n) is 4.92. The van der Waals surface area contributed by atoms with Crippen LogP contribution < -0.4 is 20.1 Å². The van der Waals surface area contributed by atoms with Crippen LogP contribution in [0.3, 0.4) is 0 Å². The lowest BCUT2D eigenvalue weighted by atomic mass is 9.78. The number of carbonyl (C=O) groups excluding carboxylic acids is 1. The van der Waals surface area contributed by atoms with Gasteiger partial charge in [-0.15, -0.1) is 0 Å². The molecule has 0 bridgehead atoms. The number of anilines is 2. The second kappa shape index (κ2) is 9.64. The minimum atomic E-state index is -0.294. The van der Waals surface area contributed by atoms with Crippen LogP contribution >= 0.6 is 0 Å². The molecule has 5 rings (SSSR count). The third kappa shape index (κ3) is 4.26. The molecule has 174 valence electrons. The smallest absolute Gasteiger partial charge is 0.163 e. The van der Waals surface area contributed by atoms with E-state index in [1.165, 1.54) is 0 Å². The molecule has 2 N–H and O–H groups in total. The number of ether oxygens (including phenoxy) is 2. The normalized spacial score (nSPS) is 19.3. The first-order valence-corrected chi connectivity index (χ1v) is 11.9. The lowest BCUT2D eigenvalue weighted by Crippen LogP contribution is -2.27. The largest absolute Gasteiger partial charge is 0.497 e. The van der Waals surface area contributed by atoms with E-state index < -0.39 is 0 Å². The topological polar surface area (TPSA) is 59.6 Å². The number of nitrogens with one attached hydrogen (secondary N) is 2. The minimum absolute atomic E-state index is 0.0892. The number of para-hydroxylation sites is 3. The Labute approximate surface area is 200 Å². The van der Waals surface area contributed by atoms with E-state index in [0.717, 1.165) is 58.1 Å². The molecule has 3 aromatic rings. The molecule has 0 aromatic heterocycles. The molecule has 1 aliphatic carbocycles. The number of rotatable bonds is 6. The Morgan fingerprint density at radius 2 is 1.74 bits per heavy atom. The summed E-state index contributed by atoms with van der Waals surface area (Å²) in [6.07, 6.45) is 2.13. The molecule has 1 aliphatic heterocycles. The number of fused-ring (bicyclic) bond motifs is 1. The summed E-state index contributed by atoms with van der Waals surface area (Å²) in [6, 6.07) is 23.9. The van der Waals surface area contributed by atoms with Gasteiger partial charge in [-0.2, -0.15) is 0 Å². The summed E-state index contributed by atoms with van der Waals surface area (Å²) in [5.41, 5.74) is 5.81. The molecule has 0 radical (unpaired) electrons. The second-order valence-electron chi connectivity index (χ2n) is 8.83. The number of methoxy groups -OCH3 is 1. The summed E-state index contributed by atoms with van der Waals surface area (Å²) in [6.45, 7) is 2.73. The van der Waals surface area contributed by atoms with E-state index in [1.807, 2.05) is 54.6 Å². The fraction of sp³-hybridized carbons (Fsp3) is 0.276. The molecule has 0 saturated carbocycles. The molecular weight excluding hydrogens is 424 g/mol. The molecular formula is C29H30N2O3. The van der Waals surface area contributed by atoms with Crippen molar-refractivity contribution in [1.29, 1.82) is 0 Å². The maximum absolute atomic E-state index is 13.8. The van der Waals surface area contributed by atoms with Crippen LogP contribution in [0.15, 0.2) is 84.1 Å². The molecule has 34 heavy (non-hydrogen) atoms. The van der Waals surface area contributed by atoms with Crippen LogP contribution in [0.25, 0.3) is 0 Å². The molecule has 0 spiro atoms. The Balaban J connectivity index is 1.60. The van der Waals surface area contributed by atoms with Gasteiger partial charge in [-0.25, -0.2) is 0 Å². The predicted octanol–water partition coefficient (Wildman–Crippen LogP) is 6.46. The number of hydrogen-bond donors (Lipinski definition) is 2. The zero-order chi connectivity index (χ0) is 23.5. The van der Waals surface area contributed by atoms with Crippen molar-refractivity contribution in [2.45, 2.75) is 38.1 Å². The Kier molecular flexibility index (Phi) is 6.26. The van der Waals surface area contributed by atoms with Crippen LogP contribution in [0.5, 0.6) is 11.5 Å². The Morgan fingerprint density at radius 3 is 2.56 bits per heavy atom. The maximum Gasteiger partial charge on any atom is 0.163 e. The van der Waals surface area contributed by atoms with Gasteiger partial charge in [0.05, 0.1) is 31.1 Å². The van der Waals surface area contributed by atoms with Gasteiger partial charge in [0.15, 0.2) is 5.78 Å². The van der Waals surface area contributed by atoms with E-state index in [9.17, 15) is 4.79 Å². The highest BCUT2D eigenvalue weighted by atomic mass is 16.5. The molecule has 0 amide bonds. The van der Waals surface area contributed by atoms with E-state index in [1.54, 1.807) is 7.11 Å². The van der Waals surface area contributed by atoms with E-state index in [-0.39, 0.29) is 17.7 Å². The van der Waals surface area contributed by atoms with Crippen molar-refractivity contribution in [3.63, 3.8) is 0 Å². The van der Waals surface area contributed by atoms with Crippen LogP contribution in [0.2, 0.25) is 0 Å². The SMILES string of the molecule is CCCOc1ccccc1C1Nc2ccccc2NC2=C1C(=O)CC(c1cccc(OC)c1)C2. The quantitative estimate of drug-likeness (QED) is 0.447. The summed E-state index contributed by atoms with van der Waals surface area (Å²) in [4.78, 5) is 13.8. The zero-order valence-electron chi connectivity index (χ0n) is 19.6. The van der Waals surface area contributed by atoms with Crippen LogP contribution in [0.1, 0.15) is 49.3 Å². The Morgan fingerprint density at radius 1 is 0.941 bits per heavy atom. The van der Waals surface area contributed by atoms with Gasteiger partial charge in [-0.3, -0.25) is 4.79 Å². The van der Waals surface area contributed by atoms with Crippen molar-refractivity contribution in [1.82, 2.24) is 0 Å². The summed E-state index contributed by atoms with van der Waals surface area (Å²) < 4.78 is 11.5. The van der Waals surface area contributed by atoms with Gasteiger partial charge in [-0.05, 0) is 54.7 Å². The second-order valence-corrected chi connectivity index (χ2v) is 8.83. The first kappa shape index (κ1) is 22.1. The number of hydrogen-bond acceptors (Lipinski definition) is 5. The van der Waals surface area contributed by atoms with E-state index in [0.29, 0.717) is 13.0 Å². The van der Waals surface area contributed by atoms with E-state index >= 15 is 0 Å². The molecule has 3 aromatic carbocycles. The molecule has 5 heteroatoms. The van der Waals surface area contributed by atoms with Crippen molar-refractivity contribution in [2.24, 2.45) is 0 Å². The summed E-state index contributed by atoms with van der Waals surface area (Å²) in [5, 5.41) is 7.26. The van der Waals surface area contributed by atoms with Gasteiger partial charge in [0.2, 0.25) is 0 Å². The highest BCUT2D eigenvalue weighted by molar-refractivity contribution is 6.01. The van der Waals surface area contributed by atoms with Crippen molar-refractivity contribution in [2.75, 3.05) is 24.4 Å². The highest BCUT2D eigenvalue weighted by Gasteiger charge is 2.37. The lowest BCUT2D eigenvalue weighted by molar-refractivity contribution is -0.116. The number of Topliss-reactive ketones (excluding diaryl/α,β-unsaturated/α-hetero) is 1. The fourth-order valence-corrected chi connectivity index (χ4v) is 4.92. The summed E-state index contributed by atoms with van der Waals surface area (Å²) >= 11 is 0. The summed E-state index contributed by atoms with van der Waals surface area (Å²) in [5.74, 6) is 1.87.